The van der Waals surface area contributed by atoms with E-state index < -0.39 is 0 Å². The number of thiazole rings is 1. The number of tetrazole rings is 1. The molecule has 11 rings (SSSR count). The molecule has 9 aromatic rings. The number of nitrogens with one attached hydrogen (secondary N) is 1. The third-order valence-corrected chi connectivity index (χ3v) is 14.2. The Labute approximate surface area is 616 Å². The number of aliphatic imine (C=N–C) groups is 3. The largest absolute Gasteiger partial charge is 0.448 e. The third-order valence-electron chi connectivity index (χ3n) is 13.7. The molecule has 0 amide bonds. The minimum absolute atomic E-state index is 0.00694. The van der Waals surface area contributed by atoms with Gasteiger partial charge in [0.1, 0.15) is 24.2 Å². The van der Waals surface area contributed by atoms with E-state index in [1.54, 1.807) is 67.3 Å². The van der Waals surface area contributed by atoms with E-state index >= 15 is 0 Å². The first-order valence-corrected chi connectivity index (χ1v) is 35.5. The molecule has 0 saturated carbocycles. The fourth-order valence-corrected chi connectivity index (χ4v) is 7.96. The Hall–Kier alpha value is -8.47. The maximum Gasteiger partial charge on any atom is 0.231 e. The van der Waals surface area contributed by atoms with Crippen molar-refractivity contribution in [2.45, 2.75) is 277 Å². The molecule has 0 fully saturated rings. The van der Waals surface area contributed by atoms with Crippen molar-refractivity contribution in [1.29, 1.82) is 0 Å². The highest BCUT2D eigenvalue weighted by molar-refractivity contribution is 7.07. The van der Waals surface area contributed by atoms with E-state index in [0.29, 0.717) is 5.89 Å². The number of rotatable bonds is 0. The second-order valence-electron chi connectivity index (χ2n) is 35.3. The fraction of sp³-hybridized carbons (Fsp3) is 0.582. The molecule has 0 aromatic carbocycles. The van der Waals surface area contributed by atoms with Crippen LogP contribution in [-0.4, -0.2) is 111 Å². The summed E-state index contributed by atoms with van der Waals surface area (Å²) >= 11 is 1.66. The van der Waals surface area contributed by atoms with Gasteiger partial charge in [0.25, 0.3) is 0 Å². The predicted molar refractivity (Wildman–Crippen MR) is 420 cm³/mol. The minimum Gasteiger partial charge on any atom is -0.448 e. The van der Waals surface area contributed by atoms with E-state index in [0.717, 1.165) is 42.1 Å². The van der Waals surface area contributed by atoms with Crippen LogP contribution < -0.4 is 0 Å². The van der Waals surface area contributed by atoms with Crippen molar-refractivity contribution in [2.75, 3.05) is 13.1 Å². The zero-order valence-electron chi connectivity index (χ0n) is 68.4. The van der Waals surface area contributed by atoms with Gasteiger partial charge in [0.2, 0.25) is 5.89 Å². The number of nitrogens with zero attached hydrogens (tertiary/aromatic N) is 18. The van der Waals surface area contributed by atoms with Crippen LogP contribution in [0.25, 0.3) is 0 Å². The van der Waals surface area contributed by atoms with Crippen LogP contribution in [0.1, 0.15) is 274 Å². The lowest BCUT2D eigenvalue weighted by Gasteiger charge is -2.19. The topological polar surface area (TPSA) is 278 Å². The fourth-order valence-electron chi connectivity index (χ4n) is 7.18. The van der Waals surface area contributed by atoms with Crippen LogP contribution in [0.15, 0.2) is 163 Å². The van der Waals surface area contributed by atoms with Crippen molar-refractivity contribution in [2.24, 2.45) is 25.8 Å². The van der Waals surface area contributed by atoms with Gasteiger partial charge in [0.05, 0.1) is 48.7 Å². The van der Waals surface area contributed by atoms with Crippen molar-refractivity contribution in [3.8, 4) is 0 Å². The molecule has 0 bridgehead atoms. The van der Waals surface area contributed by atoms with E-state index in [1.807, 2.05) is 96.5 Å². The molecular weight excluding hydrogens is 1300 g/mol. The van der Waals surface area contributed by atoms with Gasteiger partial charge in [-0.3, -0.25) is 24.9 Å². The zero-order chi connectivity index (χ0) is 78.1. The highest BCUT2D eigenvalue weighted by atomic mass is 32.1. The molecule has 0 atom stereocenters. The maximum absolute atomic E-state index is 5.09. The van der Waals surface area contributed by atoms with Crippen LogP contribution in [0, 0.1) is 10.8 Å². The highest BCUT2D eigenvalue weighted by Gasteiger charge is 2.23. The number of aromatic nitrogens is 16. The van der Waals surface area contributed by atoms with Gasteiger partial charge in [-0.15, -0.1) is 21.5 Å². The second kappa shape index (κ2) is 41.0. The summed E-state index contributed by atoms with van der Waals surface area (Å²) < 4.78 is 16.9. The summed E-state index contributed by atoms with van der Waals surface area (Å²) in [5.74, 6) is 4.14. The number of aromatic amines is 1. The normalized spacial score (nSPS) is 12.9. The Bertz CT molecular complexity index is 3160. The van der Waals surface area contributed by atoms with Gasteiger partial charge in [-0.2, -0.15) is 10.2 Å². The number of imidazole rings is 1. The van der Waals surface area contributed by atoms with Crippen molar-refractivity contribution in [3.63, 3.8) is 0 Å². The van der Waals surface area contributed by atoms with E-state index in [1.165, 1.54) is 28.9 Å². The smallest absolute Gasteiger partial charge is 0.231 e. The molecule has 0 unspecified atom stereocenters. The molecule has 0 aliphatic carbocycles. The third kappa shape index (κ3) is 39.7. The summed E-state index contributed by atoms with van der Waals surface area (Å²) in [6.07, 6.45) is 32.2. The summed E-state index contributed by atoms with van der Waals surface area (Å²) in [6, 6.07) is 5.97. The van der Waals surface area contributed by atoms with Gasteiger partial charge in [0, 0.05) is 128 Å². The molecule has 0 saturated heterocycles. The van der Waals surface area contributed by atoms with Gasteiger partial charge in [-0.05, 0) is 54.9 Å². The van der Waals surface area contributed by atoms with Crippen molar-refractivity contribution in [3.05, 3.63) is 181 Å². The molecule has 0 spiro atoms. The number of pyridine rings is 1. The SMILES string of the molecule is CC(C)(C)C1=NCC=C1.CC(C)(C)C1=NCC=N1.CC(C)(C)c1cccnc1.CC(C)(C)c1ccno1.CC(C)(C)c1cnccn1.CC(C)(C)c1cncnc1.CC(C)(C)c1cscn1.CC(C)(C)c1ncco1.CC(C)(C)c1ncno1.CC(C)(C)c1nn[nH]n1.CC(C)(C)n1ccnc1. The van der Waals surface area contributed by atoms with Gasteiger partial charge in [-0.1, -0.05) is 235 Å². The Morgan fingerprint density at radius 1 is 0.461 bits per heavy atom. The zero-order valence-corrected chi connectivity index (χ0v) is 69.2. The Balaban J connectivity index is 0.000000561. The number of hydrogen-bond donors (Lipinski definition) is 1. The summed E-state index contributed by atoms with van der Waals surface area (Å²) in [5.41, 5.74) is 9.21. The van der Waals surface area contributed by atoms with Crippen molar-refractivity contribution in [1.82, 2.24) is 80.4 Å². The van der Waals surface area contributed by atoms with Crippen LogP contribution in [-0.2, 0) is 48.9 Å². The van der Waals surface area contributed by atoms with Crippen LogP contribution in [0.2, 0.25) is 0 Å². The standard InChI is InChI=1S/C9H13N.2C8H12N2.C8H13N.2C7H12N2.2C7H11NO.C7H11NS.C6H10N2O.C5H10N4/c1-9(2,3)8-5-4-6-10-7-8;1-8(2,3)7-4-9-6-10-5-7;1-8(2,3)7-6-9-4-5-10-7;1-8(2,3)7-5-4-6-9-7;1-7(2,3)9-5-4-8-6-9;2*1-7(2,3)6-8-4-5-9-6;1-7(2,3)6-4-5-8-9-6;1-7(2,3)6-4-9-5-8-6;1-6(2,3)5-7-4-8-9-5;1-5(2,3)4-6-8-9-7-4/h4-7H,1-3H3;2*4-6H,1-3H3;4-5H,6H2,1-3H3;4-6H,1-3H3;4H,5H2,1-3H3;3*4-5H,1-3H3;4H,1-3H3;1-3H3,(H,6,7,8,9). The summed E-state index contributed by atoms with van der Waals surface area (Å²) in [5, 5.41) is 22.8. The molecule has 22 nitrogen and oxygen atoms in total. The average Bonchev–Trinajstić information content (AvgIpc) is 1.66. The van der Waals surface area contributed by atoms with Gasteiger partial charge in [0.15, 0.2) is 18.0 Å². The highest BCUT2D eigenvalue weighted by Crippen LogP contribution is 2.26. The molecular formula is C79H127N19O3S. The Morgan fingerprint density at radius 3 is 1.31 bits per heavy atom. The molecule has 11 heterocycles. The molecule has 2 aliphatic heterocycles. The van der Waals surface area contributed by atoms with E-state index in [-0.39, 0.29) is 59.7 Å². The molecule has 23 heteroatoms. The predicted octanol–water partition coefficient (Wildman–Crippen LogP) is 19.4. The van der Waals surface area contributed by atoms with Crippen LogP contribution in [0.5, 0.6) is 0 Å². The van der Waals surface area contributed by atoms with Crippen molar-refractivity contribution >= 4 is 29.1 Å². The van der Waals surface area contributed by atoms with E-state index in [9.17, 15) is 0 Å². The number of oxazole rings is 1. The lowest BCUT2D eigenvalue weighted by molar-refractivity contribution is 0.320. The summed E-state index contributed by atoms with van der Waals surface area (Å²) in [6.45, 7) is 71.5. The maximum atomic E-state index is 5.09. The number of hydrogen-bond acceptors (Lipinski definition) is 21. The number of H-pyrrole nitrogens is 1. The molecule has 9 aromatic heterocycles. The molecule has 1 N–H and O–H groups in total. The first-order chi connectivity index (χ1) is 46.7. The van der Waals surface area contributed by atoms with E-state index in [2.05, 4.69) is 306 Å². The Kier molecular flexibility index (Phi) is 36.8. The van der Waals surface area contributed by atoms with Crippen LogP contribution in [0.4, 0.5) is 0 Å². The first kappa shape index (κ1) is 91.5. The summed E-state index contributed by atoms with van der Waals surface area (Å²) in [7, 11) is 0. The quantitative estimate of drug-likeness (QED) is 0.148. The molecule has 0 radical (unpaired) electrons. The van der Waals surface area contributed by atoms with Gasteiger partial charge >= 0.3 is 0 Å². The van der Waals surface area contributed by atoms with Crippen molar-refractivity contribution < 1.29 is 13.5 Å². The Morgan fingerprint density at radius 2 is 1.07 bits per heavy atom. The second-order valence-corrected chi connectivity index (χ2v) is 36.0. The summed E-state index contributed by atoms with van der Waals surface area (Å²) in [4.78, 5) is 48.8. The lowest BCUT2D eigenvalue weighted by atomic mass is 9.88. The average molecular weight is 1420 g/mol. The first-order valence-electron chi connectivity index (χ1n) is 34.6. The minimum atomic E-state index is -0.0174. The van der Waals surface area contributed by atoms with Crippen LogP contribution >= 0.6 is 11.3 Å². The van der Waals surface area contributed by atoms with Crippen LogP contribution in [0.3, 0.4) is 0 Å². The number of allylic oxidation sites excluding steroid dienone is 1. The van der Waals surface area contributed by atoms with Gasteiger partial charge in [-0.25, -0.2) is 29.9 Å². The lowest BCUT2D eigenvalue weighted by Crippen LogP contribution is -2.19. The van der Waals surface area contributed by atoms with Gasteiger partial charge < -0.3 is 18.0 Å². The monoisotopic (exact) mass is 1420 g/mol. The molecule has 562 valence electrons. The molecule has 102 heavy (non-hydrogen) atoms. The number of amidine groups is 1. The molecule has 2 aliphatic rings. The van der Waals surface area contributed by atoms with E-state index in [4.69, 9.17) is 13.5 Å².